The van der Waals surface area contributed by atoms with Gasteiger partial charge >= 0.3 is 6.98 Å². The first-order valence-electron chi connectivity index (χ1n) is 4.75. The largest absolute Gasteiger partial charge is 0.512 e. The summed E-state index contributed by atoms with van der Waals surface area (Å²) in [4.78, 5) is 9.18. The smallest absolute Gasteiger partial charge is 0.445 e. The maximum absolute atomic E-state index is 12.3. The van der Waals surface area contributed by atoms with Crippen LogP contribution in [0.5, 0.6) is 0 Å². The number of halogens is 3. The Balaban J connectivity index is 2.89. The fraction of sp³-hybridized carbons (Fsp3) is 0.500. The molecule has 1 heterocycles. The minimum atomic E-state index is -4.99. The van der Waals surface area contributed by atoms with Crippen LogP contribution in [0.15, 0.2) is 12.4 Å². The quantitative estimate of drug-likeness (QED) is 0.714. The molecule has 0 aliphatic rings. The molecule has 0 saturated carbocycles. The molecule has 0 spiro atoms. The SMILES string of the molecule is CCN(CC)c1ncc([B-](F)(F)F)cn1. The maximum atomic E-state index is 12.3. The van der Waals surface area contributed by atoms with Gasteiger partial charge in [0.2, 0.25) is 5.95 Å². The summed E-state index contributed by atoms with van der Waals surface area (Å²) >= 11 is 0. The fourth-order valence-electron chi connectivity index (χ4n) is 1.17. The van der Waals surface area contributed by atoms with E-state index in [2.05, 4.69) is 9.97 Å². The topological polar surface area (TPSA) is 29.0 Å². The van der Waals surface area contributed by atoms with Crippen LogP contribution in [0, 0.1) is 0 Å². The van der Waals surface area contributed by atoms with E-state index in [9.17, 15) is 12.9 Å². The van der Waals surface area contributed by atoms with Crippen LogP contribution >= 0.6 is 0 Å². The molecule has 15 heavy (non-hydrogen) atoms. The predicted molar refractivity (Wildman–Crippen MR) is 54.3 cm³/mol. The van der Waals surface area contributed by atoms with Crippen molar-refractivity contribution in [2.75, 3.05) is 18.0 Å². The number of anilines is 1. The van der Waals surface area contributed by atoms with E-state index in [1.54, 1.807) is 4.90 Å². The molecule has 0 amide bonds. The Bertz CT molecular complexity index is 308. The van der Waals surface area contributed by atoms with E-state index in [-0.39, 0.29) is 0 Å². The molecule has 84 valence electrons. The van der Waals surface area contributed by atoms with Gasteiger partial charge in [0.15, 0.2) is 0 Å². The minimum absolute atomic E-state index is 0.337. The van der Waals surface area contributed by atoms with Crippen LogP contribution in [0.2, 0.25) is 0 Å². The number of nitrogens with zero attached hydrogens (tertiary/aromatic N) is 3. The Morgan fingerprint density at radius 2 is 1.60 bits per heavy atom. The van der Waals surface area contributed by atoms with Crippen molar-refractivity contribution in [3.8, 4) is 0 Å². The van der Waals surface area contributed by atoms with Crippen LogP contribution in [0.4, 0.5) is 18.9 Å². The zero-order valence-corrected chi connectivity index (χ0v) is 8.62. The highest BCUT2D eigenvalue weighted by Gasteiger charge is 2.26. The van der Waals surface area contributed by atoms with Gasteiger partial charge in [0.25, 0.3) is 0 Å². The zero-order valence-electron chi connectivity index (χ0n) is 8.62. The average molecular weight is 218 g/mol. The molecule has 0 fully saturated rings. The van der Waals surface area contributed by atoms with Gasteiger partial charge in [-0.3, -0.25) is 0 Å². The first kappa shape index (κ1) is 11.8. The first-order chi connectivity index (χ1) is 6.99. The standard InChI is InChI=1S/C8H12BF3N3/c1-3-15(4-2)8-13-5-7(6-14-8)9(10,11)12/h5-6H,3-4H2,1-2H3/q-1. The highest BCUT2D eigenvalue weighted by Crippen LogP contribution is 2.09. The number of aromatic nitrogens is 2. The highest BCUT2D eigenvalue weighted by atomic mass is 19.4. The molecule has 7 heteroatoms. The van der Waals surface area contributed by atoms with Gasteiger partial charge in [0.1, 0.15) is 0 Å². The predicted octanol–water partition coefficient (Wildman–Crippen LogP) is 1.38. The van der Waals surface area contributed by atoms with Gasteiger partial charge < -0.3 is 17.8 Å². The molecular weight excluding hydrogens is 206 g/mol. The lowest BCUT2D eigenvalue weighted by atomic mass is 9.83. The summed E-state index contributed by atoms with van der Waals surface area (Å²) in [6.07, 6.45) is 1.67. The van der Waals surface area contributed by atoms with Crippen molar-refractivity contribution in [2.45, 2.75) is 13.8 Å². The molecular formula is C8H12BF3N3-. The monoisotopic (exact) mass is 218 g/mol. The molecule has 1 aromatic rings. The zero-order chi connectivity index (χ0) is 11.5. The van der Waals surface area contributed by atoms with E-state index >= 15 is 0 Å². The van der Waals surface area contributed by atoms with Crippen molar-refractivity contribution in [3.05, 3.63) is 12.4 Å². The van der Waals surface area contributed by atoms with Crippen LogP contribution in [0.3, 0.4) is 0 Å². The molecule has 0 bridgehead atoms. The van der Waals surface area contributed by atoms with E-state index in [0.29, 0.717) is 19.0 Å². The summed E-state index contributed by atoms with van der Waals surface area (Å²) in [6, 6.07) is 0. The Morgan fingerprint density at radius 1 is 1.13 bits per heavy atom. The van der Waals surface area contributed by atoms with E-state index in [1.807, 2.05) is 13.8 Å². The molecule has 1 aromatic heterocycles. The van der Waals surface area contributed by atoms with Crippen LogP contribution in [0.25, 0.3) is 0 Å². The highest BCUT2D eigenvalue weighted by molar-refractivity contribution is 6.73. The lowest BCUT2D eigenvalue weighted by Crippen LogP contribution is -2.35. The van der Waals surface area contributed by atoms with Gasteiger partial charge in [-0.05, 0) is 13.8 Å². The molecule has 3 nitrogen and oxygen atoms in total. The number of hydrogen-bond acceptors (Lipinski definition) is 3. The third-order valence-corrected chi connectivity index (χ3v) is 2.08. The lowest BCUT2D eigenvalue weighted by molar-refractivity contribution is 0.500. The van der Waals surface area contributed by atoms with Crippen LogP contribution in [-0.2, 0) is 0 Å². The number of hydrogen-bond donors (Lipinski definition) is 0. The third kappa shape index (κ3) is 2.84. The summed E-state index contributed by atoms with van der Waals surface area (Å²) in [5, 5.41) is 0. The van der Waals surface area contributed by atoms with Gasteiger partial charge in [-0.25, -0.2) is 9.97 Å². The molecule has 0 N–H and O–H groups in total. The fourth-order valence-corrected chi connectivity index (χ4v) is 1.17. The van der Waals surface area contributed by atoms with Gasteiger partial charge in [0.05, 0.1) is 0 Å². The van der Waals surface area contributed by atoms with Crippen molar-refractivity contribution in [2.24, 2.45) is 0 Å². The Hall–Kier alpha value is -1.27. The van der Waals surface area contributed by atoms with E-state index in [0.717, 1.165) is 12.4 Å². The van der Waals surface area contributed by atoms with Gasteiger partial charge in [0, 0.05) is 25.5 Å². The third-order valence-electron chi connectivity index (χ3n) is 2.08. The first-order valence-corrected chi connectivity index (χ1v) is 4.75. The van der Waals surface area contributed by atoms with E-state index < -0.39 is 12.4 Å². The van der Waals surface area contributed by atoms with E-state index in [4.69, 9.17) is 0 Å². The van der Waals surface area contributed by atoms with Crippen molar-refractivity contribution in [1.82, 2.24) is 9.97 Å². The molecule has 0 saturated heterocycles. The molecule has 0 atom stereocenters. The van der Waals surface area contributed by atoms with Crippen molar-refractivity contribution >= 4 is 18.4 Å². The lowest BCUT2D eigenvalue weighted by Gasteiger charge is -2.20. The number of rotatable bonds is 4. The maximum Gasteiger partial charge on any atom is 0.512 e. The summed E-state index contributed by atoms with van der Waals surface area (Å²) < 4.78 is 36.8. The summed E-state index contributed by atoms with van der Waals surface area (Å²) in [5.74, 6) is 0.337. The van der Waals surface area contributed by atoms with Crippen molar-refractivity contribution in [3.63, 3.8) is 0 Å². The van der Waals surface area contributed by atoms with Gasteiger partial charge in [-0.2, -0.15) is 0 Å². The van der Waals surface area contributed by atoms with Crippen LogP contribution in [-0.4, -0.2) is 30.0 Å². The second kappa shape index (κ2) is 4.50. The molecule has 0 aromatic carbocycles. The summed E-state index contributed by atoms with van der Waals surface area (Å²) in [6.45, 7) is 0.147. The summed E-state index contributed by atoms with van der Waals surface area (Å²) in [5.41, 5.74) is -0.758. The molecule has 0 aliphatic heterocycles. The Morgan fingerprint density at radius 3 is 1.93 bits per heavy atom. The van der Waals surface area contributed by atoms with Gasteiger partial charge in [-0.15, -0.1) is 0 Å². The van der Waals surface area contributed by atoms with Gasteiger partial charge in [-0.1, -0.05) is 5.46 Å². The second-order valence-electron chi connectivity index (χ2n) is 3.06. The Kier molecular flexibility index (Phi) is 3.54. The van der Waals surface area contributed by atoms with Crippen molar-refractivity contribution < 1.29 is 12.9 Å². The van der Waals surface area contributed by atoms with Crippen LogP contribution in [0.1, 0.15) is 13.8 Å². The molecule has 0 radical (unpaired) electrons. The Labute approximate surface area is 86.4 Å². The normalized spacial score (nSPS) is 11.5. The summed E-state index contributed by atoms with van der Waals surface area (Å²) in [7, 11) is 0. The van der Waals surface area contributed by atoms with E-state index in [1.165, 1.54) is 0 Å². The second-order valence-corrected chi connectivity index (χ2v) is 3.06. The average Bonchev–Trinajstić information content (AvgIpc) is 2.19. The minimum Gasteiger partial charge on any atom is -0.445 e. The molecule has 1 rings (SSSR count). The molecule has 0 aliphatic carbocycles. The van der Waals surface area contributed by atoms with Crippen molar-refractivity contribution in [1.29, 1.82) is 0 Å². The van der Waals surface area contributed by atoms with Crippen LogP contribution < -0.4 is 10.4 Å². The molecule has 0 unspecified atom stereocenters.